The molecule has 0 radical (unpaired) electrons. The summed E-state index contributed by atoms with van der Waals surface area (Å²) in [5.74, 6) is 0. The van der Waals surface area contributed by atoms with Crippen LogP contribution in [-0.4, -0.2) is 96.9 Å². The first-order valence-corrected chi connectivity index (χ1v) is 17.0. The number of amides is 4. The Morgan fingerprint density at radius 2 is 1.75 bits per heavy atom. The van der Waals surface area contributed by atoms with Crippen LogP contribution in [0.2, 0.25) is 5.02 Å². The highest BCUT2D eigenvalue weighted by Gasteiger charge is 2.33. The lowest BCUT2D eigenvalue weighted by atomic mass is 9.92. The average Bonchev–Trinajstić information content (AvgIpc) is 2.99. The van der Waals surface area contributed by atoms with E-state index in [2.05, 4.69) is 32.2 Å². The molecule has 1 N–H and O–H groups in total. The van der Waals surface area contributed by atoms with Crippen LogP contribution in [0.5, 0.6) is 0 Å². The number of rotatable bonds is 8. The van der Waals surface area contributed by atoms with Crippen molar-refractivity contribution in [2.24, 2.45) is 4.99 Å². The monoisotopic (exact) mass is 693 g/mol. The van der Waals surface area contributed by atoms with Crippen LogP contribution in [-0.2, 0) is 9.53 Å². The molecule has 2 fully saturated rings. The largest absolute Gasteiger partial charge is 0.444 e. The van der Waals surface area contributed by atoms with Gasteiger partial charge in [-0.25, -0.2) is 9.59 Å². The van der Waals surface area contributed by atoms with Crippen LogP contribution >= 0.6 is 23.2 Å². The molecule has 11 nitrogen and oxygen atoms in total. The fraction of sp³-hybridized carbons (Fsp3) is 0.429. The summed E-state index contributed by atoms with van der Waals surface area (Å²) in [5.41, 5.74) is 3.82. The molecule has 1 unspecified atom stereocenters. The summed E-state index contributed by atoms with van der Waals surface area (Å²) in [6, 6.07) is 11.1. The zero-order chi connectivity index (χ0) is 34.0. The van der Waals surface area contributed by atoms with Crippen LogP contribution < -0.4 is 15.1 Å². The van der Waals surface area contributed by atoms with E-state index in [1.165, 1.54) is 21.9 Å². The van der Waals surface area contributed by atoms with E-state index in [0.717, 1.165) is 38.0 Å². The first-order valence-electron chi connectivity index (χ1n) is 16.3. The van der Waals surface area contributed by atoms with Gasteiger partial charge in [0.15, 0.2) is 0 Å². The predicted octanol–water partition coefficient (Wildman–Crippen LogP) is 6.77. The Morgan fingerprint density at radius 1 is 1.04 bits per heavy atom. The number of halogens is 2. The third-order valence-electron chi connectivity index (χ3n) is 8.78. The van der Waals surface area contributed by atoms with Crippen molar-refractivity contribution in [3.05, 3.63) is 70.4 Å². The van der Waals surface area contributed by atoms with Crippen LogP contribution in [0.1, 0.15) is 45.2 Å². The van der Waals surface area contributed by atoms with E-state index in [-0.39, 0.29) is 18.7 Å². The van der Waals surface area contributed by atoms with Crippen LogP contribution in [0.3, 0.4) is 0 Å². The summed E-state index contributed by atoms with van der Waals surface area (Å²) in [6.07, 6.45) is 7.61. The van der Waals surface area contributed by atoms with Gasteiger partial charge in [0.05, 0.1) is 29.6 Å². The van der Waals surface area contributed by atoms with Gasteiger partial charge in [-0.1, -0.05) is 35.3 Å². The van der Waals surface area contributed by atoms with E-state index < -0.39 is 11.6 Å². The predicted molar refractivity (Wildman–Crippen MR) is 191 cm³/mol. The van der Waals surface area contributed by atoms with E-state index in [0.29, 0.717) is 59.0 Å². The molecule has 2 aromatic carbocycles. The molecular weight excluding hydrogens is 653 g/mol. The molecule has 13 heteroatoms. The number of benzene rings is 2. The standard InChI is InChI=1S/C35H41Cl2N7O4/c1-35(2,3)48-34(47)42-18-16-40(17-19-42)30-21-26(37)20-29(39-33(46)43-13-4-6-25(36)22-43)32(30)44(23-45)27-9-7-24(8-10-27)31(28-11-12-38-28)41-14-5-15-41/h4,6-10,13,20-21,23,31H,5,11-12,14-19,22H2,1-3H3,(H,39,46). The molecule has 1 atom stereocenters. The number of hydrogen-bond donors (Lipinski definition) is 1. The molecular formula is C35H41Cl2N7O4. The van der Waals surface area contributed by atoms with Gasteiger partial charge < -0.3 is 19.9 Å². The summed E-state index contributed by atoms with van der Waals surface area (Å²) >= 11 is 12.9. The van der Waals surface area contributed by atoms with Crippen LogP contribution in [0.25, 0.3) is 0 Å². The van der Waals surface area contributed by atoms with Gasteiger partial charge in [-0.3, -0.25) is 24.5 Å². The van der Waals surface area contributed by atoms with Crippen molar-refractivity contribution in [2.45, 2.75) is 45.3 Å². The number of ether oxygens (including phenoxy) is 1. The van der Waals surface area contributed by atoms with E-state index in [9.17, 15) is 14.4 Å². The Hall–Kier alpha value is -4.06. The summed E-state index contributed by atoms with van der Waals surface area (Å²) in [6.45, 7) is 10.4. The number of urea groups is 1. The first-order chi connectivity index (χ1) is 23.0. The highest BCUT2D eigenvalue weighted by atomic mass is 35.5. The first kappa shape index (κ1) is 33.8. The fourth-order valence-corrected chi connectivity index (χ4v) is 6.63. The van der Waals surface area contributed by atoms with Gasteiger partial charge >= 0.3 is 12.1 Å². The molecule has 0 aromatic heterocycles. The molecule has 48 heavy (non-hydrogen) atoms. The molecule has 254 valence electrons. The third-order valence-corrected chi connectivity index (χ3v) is 9.24. The number of hydrogen-bond acceptors (Lipinski definition) is 7. The minimum atomic E-state index is -0.606. The van der Waals surface area contributed by atoms with Crippen molar-refractivity contribution in [3.8, 4) is 0 Å². The van der Waals surface area contributed by atoms with Crippen molar-refractivity contribution >= 4 is 70.2 Å². The Labute approximate surface area is 291 Å². The number of carbonyl (C=O) groups is 3. The van der Waals surface area contributed by atoms with Crippen molar-refractivity contribution < 1.29 is 19.1 Å². The number of carbonyl (C=O) groups excluding carboxylic acids is 3. The number of aliphatic imine (C=N–C) groups is 1. The van der Waals surface area contributed by atoms with E-state index in [1.54, 1.807) is 35.4 Å². The van der Waals surface area contributed by atoms with Crippen molar-refractivity contribution in [2.75, 3.05) is 67.5 Å². The van der Waals surface area contributed by atoms with E-state index >= 15 is 0 Å². The summed E-state index contributed by atoms with van der Waals surface area (Å²) in [7, 11) is 0. The summed E-state index contributed by atoms with van der Waals surface area (Å²) in [4.78, 5) is 53.2. The van der Waals surface area contributed by atoms with E-state index in [4.69, 9.17) is 27.9 Å². The second-order valence-corrected chi connectivity index (χ2v) is 14.2. The lowest BCUT2D eigenvalue weighted by Crippen LogP contribution is -2.50. The molecule has 4 aliphatic heterocycles. The molecule has 4 amide bonds. The second kappa shape index (κ2) is 14.2. The molecule has 0 spiro atoms. The zero-order valence-corrected chi connectivity index (χ0v) is 29.0. The smallest absolute Gasteiger partial charge is 0.410 e. The summed E-state index contributed by atoms with van der Waals surface area (Å²) < 4.78 is 5.59. The molecule has 4 aliphatic rings. The number of anilines is 4. The molecule has 0 aliphatic carbocycles. The maximum absolute atomic E-state index is 13.5. The Morgan fingerprint density at radius 3 is 2.31 bits per heavy atom. The molecule has 4 heterocycles. The quantitative estimate of drug-likeness (QED) is 0.307. The van der Waals surface area contributed by atoms with Crippen molar-refractivity contribution in [1.82, 2.24) is 14.7 Å². The number of allylic oxidation sites excluding steroid dienone is 2. The topological polar surface area (TPSA) is 101 Å². The van der Waals surface area contributed by atoms with Gasteiger partial charge in [-0.15, -0.1) is 0 Å². The number of nitrogens with one attached hydrogen (secondary N) is 1. The average molecular weight is 695 g/mol. The highest BCUT2D eigenvalue weighted by molar-refractivity contribution is 6.32. The molecule has 0 saturated carbocycles. The molecule has 0 bridgehead atoms. The number of piperazine rings is 1. The van der Waals surface area contributed by atoms with Crippen LogP contribution in [0.4, 0.5) is 32.3 Å². The number of likely N-dealkylation sites (tertiary alicyclic amines) is 1. The Kier molecular flexibility index (Phi) is 10.0. The van der Waals surface area contributed by atoms with Gasteiger partial charge in [0.2, 0.25) is 6.41 Å². The highest BCUT2D eigenvalue weighted by Crippen LogP contribution is 2.43. The normalized spacial score (nSPS) is 18.6. The number of nitrogens with zero attached hydrogens (tertiary/aromatic N) is 6. The van der Waals surface area contributed by atoms with Crippen molar-refractivity contribution in [3.63, 3.8) is 0 Å². The lowest BCUT2D eigenvalue weighted by Gasteiger charge is -2.41. The van der Waals surface area contributed by atoms with E-state index in [1.807, 2.05) is 32.9 Å². The maximum atomic E-state index is 13.5. The minimum Gasteiger partial charge on any atom is -0.444 e. The molecule has 2 aromatic rings. The van der Waals surface area contributed by atoms with Crippen LogP contribution in [0.15, 0.2) is 64.8 Å². The van der Waals surface area contributed by atoms with Crippen molar-refractivity contribution in [1.29, 1.82) is 0 Å². The maximum Gasteiger partial charge on any atom is 0.410 e. The minimum absolute atomic E-state index is 0.145. The molecule has 6 rings (SSSR count). The molecule has 2 saturated heterocycles. The SMILES string of the molecule is CC(C)(C)OC(=O)N1CCN(c2cc(Cl)cc(NC(=O)N3C=CC=C(Cl)C3)c2N(C=O)c2ccc(C(C3=NCC3)N3CCC3)cc2)CC1. The third kappa shape index (κ3) is 7.48. The Balaban J connectivity index is 1.33. The van der Waals surface area contributed by atoms with Gasteiger partial charge in [-0.2, -0.15) is 0 Å². The second-order valence-electron chi connectivity index (χ2n) is 13.3. The van der Waals surface area contributed by atoms with Gasteiger partial charge in [0, 0.05) is 79.9 Å². The van der Waals surface area contributed by atoms with Gasteiger partial charge in [0.1, 0.15) is 5.60 Å². The zero-order valence-electron chi connectivity index (χ0n) is 27.5. The van der Waals surface area contributed by atoms with Gasteiger partial charge in [0.25, 0.3) is 0 Å². The summed E-state index contributed by atoms with van der Waals surface area (Å²) in [5, 5.41) is 3.88. The van der Waals surface area contributed by atoms with Gasteiger partial charge in [-0.05, 0) is 69.2 Å². The fourth-order valence-electron chi connectivity index (χ4n) is 6.21. The van der Waals surface area contributed by atoms with Crippen LogP contribution in [0, 0.1) is 0 Å². The Bertz CT molecular complexity index is 1640. The lowest BCUT2D eigenvalue weighted by molar-refractivity contribution is -0.106.